The lowest BCUT2D eigenvalue weighted by Gasteiger charge is -2.21. The van der Waals surface area contributed by atoms with Gasteiger partial charge in [0.25, 0.3) is 5.91 Å². The number of carbonyl (C=O) groups excluding carboxylic acids is 1. The Labute approximate surface area is 150 Å². The van der Waals surface area contributed by atoms with Crippen molar-refractivity contribution < 1.29 is 24.2 Å². The van der Waals surface area contributed by atoms with Crippen molar-refractivity contribution in [1.29, 1.82) is 0 Å². The Morgan fingerprint density at radius 1 is 1.46 bits per heavy atom. The highest BCUT2D eigenvalue weighted by Crippen LogP contribution is 2.23. The van der Waals surface area contributed by atoms with Crippen LogP contribution in [0, 0.1) is 0 Å². The average molecular weight is 359 g/mol. The second-order valence-electron chi connectivity index (χ2n) is 5.97. The summed E-state index contributed by atoms with van der Waals surface area (Å²) in [5.41, 5.74) is 1.82. The van der Waals surface area contributed by atoms with E-state index in [4.69, 9.17) is 9.47 Å². The first-order valence-corrected chi connectivity index (χ1v) is 8.39. The Morgan fingerprint density at radius 2 is 2.27 bits per heavy atom. The minimum atomic E-state index is -1.07. The van der Waals surface area contributed by atoms with Gasteiger partial charge in [0.2, 0.25) is 5.88 Å². The van der Waals surface area contributed by atoms with E-state index < -0.39 is 5.97 Å². The molecule has 2 aromatic rings. The summed E-state index contributed by atoms with van der Waals surface area (Å²) in [7, 11) is 1.54. The molecule has 8 nitrogen and oxygen atoms in total. The van der Waals surface area contributed by atoms with E-state index in [1.54, 1.807) is 23.9 Å². The van der Waals surface area contributed by atoms with E-state index >= 15 is 0 Å². The van der Waals surface area contributed by atoms with Crippen LogP contribution in [0.25, 0.3) is 0 Å². The number of aromatic carboxylic acids is 1. The number of carbonyl (C=O) groups is 2. The van der Waals surface area contributed by atoms with E-state index in [1.807, 2.05) is 13.0 Å². The van der Waals surface area contributed by atoms with Gasteiger partial charge in [0.05, 0.1) is 37.6 Å². The number of nitrogens with one attached hydrogen (secondary N) is 1. The lowest BCUT2D eigenvalue weighted by Crippen LogP contribution is -2.31. The third kappa shape index (κ3) is 3.41. The van der Waals surface area contributed by atoms with E-state index in [1.165, 1.54) is 6.07 Å². The zero-order valence-corrected chi connectivity index (χ0v) is 14.7. The molecule has 0 bridgehead atoms. The maximum atomic E-state index is 12.8. The molecule has 8 heteroatoms. The molecule has 3 rings (SSSR count). The topological polar surface area (TPSA) is 103 Å². The van der Waals surface area contributed by atoms with Crippen molar-refractivity contribution in [2.24, 2.45) is 0 Å². The minimum Gasteiger partial charge on any atom is -0.481 e. The lowest BCUT2D eigenvalue weighted by atomic mass is 10.1. The number of ether oxygens (including phenoxy) is 2. The van der Waals surface area contributed by atoms with E-state index in [9.17, 15) is 14.7 Å². The fourth-order valence-corrected chi connectivity index (χ4v) is 3.07. The molecule has 3 heterocycles. The Morgan fingerprint density at radius 3 is 2.88 bits per heavy atom. The van der Waals surface area contributed by atoms with Crippen LogP contribution in [0.2, 0.25) is 0 Å². The number of hydrogen-bond donors (Lipinski definition) is 2. The summed E-state index contributed by atoms with van der Waals surface area (Å²) >= 11 is 0. The standard InChI is InChI=1S/C18H21N3O5/c1-3-13(11-4-5-16(25-2)19-9-11)20-17(22)14-8-12(18(23)24)15-10-26-7-6-21(14)15/h4-5,8-9,13H,3,6-7,10H2,1-2H3,(H,20,22)(H,23,24)/t13-/m0/s1. The van der Waals surface area contributed by atoms with Crippen LogP contribution < -0.4 is 10.1 Å². The summed E-state index contributed by atoms with van der Waals surface area (Å²) < 4.78 is 12.1. The predicted molar refractivity (Wildman–Crippen MR) is 92.3 cm³/mol. The Hall–Kier alpha value is -2.87. The van der Waals surface area contributed by atoms with Crippen molar-refractivity contribution in [3.8, 4) is 5.88 Å². The van der Waals surface area contributed by atoms with Crippen molar-refractivity contribution in [3.63, 3.8) is 0 Å². The summed E-state index contributed by atoms with van der Waals surface area (Å²) in [6.07, 6.45) is 2.33. The van der Waals surface area contributed by atoms with Crippen LogP contribution >= 0.6 is 0 Å². The molecule has 0 saturated carbocycles. The number of methoxy groups -OCH3 is 1. The Bertz CT molecular complexity index is 813. The van der Waals surface area contributed by atoms with Crippen LogP contribution in [0.3, 0.4) is 0 Å². The average Bonchev–Trinajstić information content (AvgIpc) is 3.06. The van der Waals surface area contributed by atoms with Crippen LogP contribution in [-0.4, -0.2) is 40.3 Å². The van der Waals surface area contributed by atoms with E-state index in [0.29, 0.717) is 36.8 Å². The summed E-state index contributed by atoms with van der Waals surface area (Å²) in [6.45, 7) is 3.04. The van der Waals surface area contributed by atoms with E-state index in [2.05, 4.69) is 10.3 Å². The summed E-state index contributed by atoms with van der Waals surface area (Å²) in [5.74, 6) is -0.880. The highest BCUT2D eigenvalue weighted by molar-refractivity contribution is 5.98. The largest absolute Gasteiger partial charge is 0.481 e. The molecule has 2 N–H and O–H groups in total. The molecular weight excluding hydrogens is 338 g/mol. The number of fused-ring (bicyclic) bond motifs is 1. The van der Waals surface area contributed by atoms with Gasteiger partial charge in [-0.3, -0.25) is 4.79 Å². The van der Waals surface area contributed by atoms with Crippen molar-refractivity contribution in [2.75, 3.05) is 13.7 Å². The summed E-state index contributed by atoms with van der Waals surface area (Å²) in [4.78, 5) is 28.4. The molecule has 1 aliphatic rings. The molecule has 0 aromatic carbocycles. The van der Waals surface area contributed by atoms with Crippen LogP contribution in [0.1, 0.15) is 51.5 Å². The van der Waals surface area contributed by atoms with Gasteiger partial charge in [0.1, 0.15) is 5.69 Å². The fourth-order valence-electron chi connectivity index (χ4n) is 3.07. The molecule has 1 amide bonds. The molecule has 26 heavy (non-hydrogen) atoms. The van der Waals surface area contributed by atoms with Gasteiger partial charge >= 0.3 is 5.97 Å². The van der Waals surface area contributed by atoms with Crippen LogP contribution in [0.5, 0.6) is 5.88 Å². The van der Waals surface area contributed by atoms with Crippen LogP contribution in [-0.2, 0) is 17.9 Å². The molecule has 0 aliphatic carbocycles. The molecule has 0 unspecified atom stereocenters. The maximum Gasteiger partial charge on any atom is 0.337 e. The highest BCUT2D eigenvalue weighted by atomic mass is 16.5. The Balaban J connectivity index is 1.85. The molecule has 1 atom stereocenters. The maximum absolute atomic E-state index is 12.8. The van der Waals surface area contributed by atoms with Gasteiger partial charge in [-0.05, 0) is 18.1 Å². The smallest absolute Gasteiger partial charge is 0.337 e. The molecule has 0 saturated heterocycles. The van der Waals surface area contributed by atoms with Gasteiger partial charge in [0, 0.05) is 18.8 Å². The third-order valence-electron chi connectivity index (χ3n) is 4.45. The van der Waals surface area contributed by atoms with Crippen molar-refractivity contribution in [2.45, 2.75) is 32.5 Å². The molecule has 0 spiro atoms. The molecule has 2 aromatic heterocycles. The van der Waals surface area contributed by atoms with Gasteiger partial charge in [-0.25, -0.2) is 9.78 Å². The van der Waals surface area contributed by atoms with Gasteiger partial charge < -0.3 is 24.5 Å². The molecule has 1 aliphatic heterocycles. The number of carboxylic acids is 1. The van der Waals surface area contributed by atoms with E-state index in [-0.39, 0.29) is 24.1 Å². The van der Waals surface area contributed by atoms with Gasteiger partial charge in [-0.2, -0.15) is 0 Å². The molecule has 0 radical (unpaired) electrons. The summed E-state index contributed by atoms with van der Waals surface area (Å²) in [5, 5.41) is 12.3. The van der Waals surface area contributed by atoms with Crippen molar-refractivity contribution in [1.82, 2.24) is 14.9 Å². The highest BCUT2D eigenvalue weighted by Gasteiger charge is 2.26. The number of hydrogen-bond acceptors (Lipinski definition) is 5. The van der Waals surface area contributed by atoms with E-state index in [0.717, 1.165) is 5.56 Å². The first-order chi connectivity index (χ1) is 12.5. The molecular formula is C18H21N3O5. The third-order valence-corrected chi connectivity index (χ3v) is 4.45. The van der Waals surface area contributed by atoms with Crippen LogP contribution in [0.4, 0.5) is 0 Å². The number of carboxylic acid groups (broad SMARTS) is 1. The monoisotopic (exact) mass is 359 g/mol. The molecule has 0 fully saturated rings. The quantitative estimate of drug-likeness (QED) is 0.818. The Kier molecular flexibility index (Phi) is 5.22. The second-order valence-corrected chi connectivity index (χ2v) is 5.97. The first-order valence-electron chi connectivity index (χ1n) is 8.39. The first kappa shape index (κ1) is 17.9. The van der Waals surface area contributed by atoms with Crippen LogP contribution in [0.15, 0.2) is 24.4 Å². The van der Waals surface area contributed by atoms with Gasteiger partial charge in [-0.15, -0.1) is 0 Å². The predicted octanol–water partition coefficient (Wildman–Crippen LogP) is 2.00. The van der Waals surface area contributed by atoms with Crippen molar-refractivity contribution in [3.05, 3.63) is 46.9 Å². The van der Waals surface area contributed by atoms with Gasteiger partial charge in [-0.1, -0.05) is 13.0 Å². The van der Waals surface area contributed by atoms with Gasteiger partial charge in [0.15, 0.2) is 0 Å². The van der Waals surface area contributed by atoms with Crippen molar-refractivity contribution >= 4 is 11.9 Å². The number of rotatable bonds is 6. The molecule has 138 valence electrons. The normalized spacial score (nSPS) is 14.4. The summed E-state index contributed by atoms with van der Waals surface area (Å²) in [6, 6.07) is 4.77. The zero-order chi connectivity index (χ0) is 18.7. The number of aromatic nitrogens is 2. The SMILES string of the molecule is CC[C@H](NC(=O)c1cc(C(=O)O)c2n1CCOC2)c1ccc(OC)nc1. The number of pyridine rings is 1. The number of amides is 1. The number of nitrogens with zero attached hydrogens (tertiary/aromatic N) is 2. The minimum absolute atomic E-state index is 0.106. The fraction of sp³-hybridized carbons (Fsp3) is 0.389. The second kappa shape index (κ2) is 7.57. The lowest BCUT2D eigenvalue weighted by molar-refractivity contribution is 0.0656. The zero-order valence-electron chi connectivity index (χ0n) is 14.7.